The molecule has 1 aliphatic rings. The number of ether oxygens (including phenoxy) is 3. The molecular formula is C15H16N2O4. The first-order valence-electron chi connectivity index (χ1n) is 6.71. The summed E-state index contributed by atoms with van der Waals surface area (Å²) in [5, 5.41) is 9.44. The smallest absolute Gasteiger partial charge is 0.231 e. The van der Waals surface area contributed by atoms with Crippen LogP contribution in [0.2, 0.25) is 0 Å². The van der Waals surface area contributed by atoms with E-state index in [9.17, 15) is 5.11 Å². The molecule has 1 aromatic carbocycles. The summed E-state index contributed by atoms with van der Waals surface area (Å²) in [6.07, 6.45) is 1.58. The first-order chi connectivity index (χ1) is 10.2. The number of aliphatic hydroxyl groups is 1. The van der Waals surface area contributed by atoms with Gasteiger partial charge in [-0.25, -0.2) is 9.97 Å². The highest BCUT2D eigenvalue weighted by molar-refractivity contribution is 5.48. The lowest BCUT2D eigenvalue weighted by atomic mass is 10.2. The number of fused-ring (bicyclic) bond motifs is 1. The van der Waals surface area contributed by atoms with Crippen LogP contribution in [0.1, 0.15) is 31.3 Å². The molecule has 110 valence electrons. The van der Waals surface area contributed by atoms with Gasteiger partial charge in [0.2, 0.25) is 6.79 Å². The van der Waals surface area contributed by atoms with Crippen molar-refractivity contribution < 1.29 is 19.3 Å². The maximum atomic E-state index is 9.44. The summed E-state index contributed by atoms with van der Waals surface area (Å²) in [6.45, 7) is 4.00. The molecule has 0 radical (unpaired) electrons. The van der Waals surface area contributed by atoms with E-state index in [0.717, 1.165) is 0 Å². The Morgan fingerprint density at radius 1 is 1.29 bits per heavy atom. The highest BCUT2D eigenvalue weighted by atomic mass is 16.7. The van der Waals surface area contributed by atoms with Crippen LogP contribution in [0.5, 0.6) is 23.0 Å². The number of nitrogens with zero attached hydrogens (tertiary/aromatic N) is 2. The van der Waals surface area contributed by atoms with Gasteiger partial charge in [0.25, 0.3) is 0 Å². The monoisotopic (exact) mass is 288 g/mol. The van der Waals surface area contributed by atoms with E-state index >= 15 is 0 Å². The minimum absolute atomic E-state index is 0.190. The summed E-state index contributed by atoms with van der Waals surface area (Å²) in [6, 6.07) is 5.28. The lowest BCUT2D eigenvalue weighted by Crippen LogP contribution is -2.03. The zero-order chi connectivity index (χ0) is 14.8. The zero-order valence-electron chi connectivity index (χ0n) is 11.9. The van der Waals surface area contributed by atoms with Gasteiger partial charge in [0.05, 0.1) is 12.8 Å². The van der Waals surface area contributed by atoms with Crippen molar-refractivity contribution in [3.05, 3.63) is 35.9 Å². The maximum absolute atomic E-state index is 9.44. The number of hydrogen-bond donors (Lipinski definition) is 1. The van der Waals surface area contributed by atoms with Gasteiger partial charge in [-0.1, -0.05) is 13.8 Å². The molecule has 1 N–H and O–H groups in total. The fourth-order valence-electron chi connectivity index (χ4n) is 1.97. The fourth-order valence-corrected chi connectivity index (χ4v) is 1.97. The molecule has 21 heavy (non-hydrogen) atoms. The Bertz CT molecular complexity index is 658. The van der Waals surface area contributed by atoms with E-state index < -0.39 is 0 Å². The SMILES string of the molecule is CC(C)c1ncc(Oc2ccc3c(c2)OCO3)c(CO)n1. The molecule has 0 bridgehead atoms. The predicted molar refractivity (Wildman–Crippen MR) is 74.7 cm³/mol. The van der Waals surface area contributed by atoms with E-state index in [1.54, 1.807) is 24.4 Å². The second kappa shape index (κ2) is 5.57. The minimum atomic E-state index is -0.206. The molecule has 0 amide bonds. The molecule has 2 heterocycles. The Hall–Kier alpha value is -2.34. The second-order valence-electron chi connectivity index (χ2n) is 4.97. The van der Waals surface area contributed by atoms with Gasteiger partial charge >= 0.3 is 0 Å². The average Bonchev–Trinajstić information content (AvgIpc) is 2.95. The van der Waals surface area contributed by atoms with Crippen molar-refractivity contribution in [1.82, 2.24) is 9.97 Å². The first-order valence-corrected chi connectivity index (χ1v) is 6.71. The fraction of sp³-hybridized carbons (Fsp3) is 0.333. The van der Waals surface area contributed by atoms with E-state index in [2.05, 4.69) is 9.97 Å². The zero-order valence-corrected chi connectivity index (χ0v) is 11.9. The highest BCUT2D eigenvalue weighted by Crippen LogP contribution is 2.36. The minimum Gasteiger partial charge on any atom is -0.454 e. The summed E-state index contributed by atoms with van der Waals surface area (Å²) in [5.41, 5.74) is 0.464. The molecule has 0 saturated heterocycles. The molecule has 1 aromatic heterocycles. The predicted octanol–water partition coefficient (Wildman–Crippen LogP) is 2.61. The van der Waals surface area contributed by atoms with Gasteiger partial charge in [0.15, 0.2) is 17.2 Å². The summed E-state index contributed by atoms with van der Waals surface area (Å²) >= 11 is 0. The van der Waals surface area contributed by atoms with Gasteiger partial charge in [0.1, 0.15) is 17.3 Å². The van der Waals surface area contributed by atoms with Crippen molar-refractivity contribution in [2.24, 2.45) is 0 Å². The number of aromatic nitrogens is 2. The van der Waals surface area contributed by atoms with Crippen LogP contribution in [-0.4, -0.2) is 21.9 Å². The van der Waals surface area contributed by atoms with Crippen molar-refractivity contribution in [3.8, 4) is 23.0 Å². The Kier molecular flexibility index (Phi) is 3.62. The Labute approximate surface area is 122 Å². The number of benzene rings is 1. The van der Waals surface area contributed by atoms with Gasteiger partial charge in [-0.15, -0.1) is 0 Å². The van der Waals surface area contributed by atoms with Crippen molar-refractivity contribution >= 4 is 0 Å². The van der Waals surface area contributed by atoms with Gasteiger partial charge in [0, 0.05) is 12.0 Å². The second-order valence-corrected chi connectivity index (χ2v) is 4.97. The van der Waals surface area contributed by atoms with Gasteiger partial charge in [-0.05, 0) is 12.1 Å². The van der Waals surface area contributed by atoms with E-state index in [0.29, 0.717) is 34.5 Å². The normalized spacial score (nSPS) is 12.8. The lowest BCUT2D eigenvalue weighted by molar-refractivity contribution is 0.174. The molecular weight excluding hydrogens is 272 g/mol. The van der Waals surface area contributed by atoms with Crippen LogP contribution in [0.15, 0.2) is 24.4 Å². The molecule has 0 aliphatic carbocycles. The third-order valence-electron chi connectivity index (χ3n) is 3.09. The van der Waals surface area contributed by atoms with Crippen LogP contribution in [0.3, 0.4) is 0 Å². The summed E-state index contributed by atoms with van der Waals surface area (Å²) < 4.78 is 16.3. The van der Waals surface area contributed by atoms with E-state index in [-0.39, 0.29) is 19.3 Å². The van der Waals surface area contributed by atoms with Crippen LogP contribution in [-0.2, 0) is 6.61 Å². The van der Waals surface area contributed by atoms with Gasteiger partial charge in [-0.2, -0.15) is 0 Å². The lowest BCUT2D eigenvalue weighted by Gasteiger charge is -2.11. The van der Waals surface area contributed by atoms with Crippen molar-refractivity contribution in [3.63, 3.8) is 0 Å². The number of rotatable bonds is 4. The van der Waals surface area contributed by atoms with E-state index in [4.69, 9.17) is 14.2 Å². The van der Waals surface area contributed by atoms with Crippen molar-refractivity contribution in [1.29, 1.82) is 0 Å². The molecule has 2 aromatic rings. The molecule has 0 spiro atoms. The Morgan fingerprint density at radius 2 is 2.10 bits per heavy atom. The van der Waals surface area contributed by atoms with Crippen LogP contribution in [0.4, 0.5) is 0 Å². The molecule has 6 heteroatoms. The molecule has 1 aliphatic heterocycles. The van der Waals surface area contributed by atoms with Crippen molar-refractivity contribution in [2.45, 2.75) is 26.4 Å². The largest absolute Gasteiger partial charge is 0.454 e. The number of aliphatic hydroxyl groups excluding tert-OH is 1. The topological polar surface area (TPSA) is 73.7 Å². The standard InChI is InChI=1S/C15H16N2O4/c1-9(2)15-16-6-14(11(7-18)17-15)21-10-3-4-12-13(5-10)20-8-19-12/h3-6,9,18H,7-8H2,1-2H3. The third-order valence-corrected chi connectivity index (χ3v) is 3.09. The molecule has 0 atom stereocenters. The van der Waals surface area contributed by atoms with Crippen molar-refractivity contribution in [2.75, 3.05) is 6.79 Å². The Morgan fingerprint density at radius 3 is 2.86 bits per heavy atom. The first kappa shape index (κ1) is 13.6. The average molecular weight is 288 g/mol. The van der Waals surface area contributed by atoms with Crippen LogP contribution in [0, 0.1) is 0 Å². The highest BCUT2D eigenvalue weighted by Gasteiger charge is 2.16. The molecule has 0 fully saturated rings. The number of hydrogen-bond acceptors (Lipinski definition) is 6. The van der Waals surface area contributed by atoms with E-state index in [1.165, 1.54) is 0 Å². The molecule has 0 saturated carbocycles. The maximum Gasteiger partial charge on any atom is 0.231 e. The molecule has 3 rings (SSSR count). The van der Waals surface area contributed by atoms with Gasteiger partial charge in [-0.3, -0.25) is 0 Å². The molecule has 6 nitrogen and oxygen atoms in total. The van der Waals surface area contributed by atoms with Crippen LogP contribution in [0.25, 0.3) is 0 Å². The van der Waals surface area contributed by atoms with Crippen LogP contribution >= 0.6 is 0 Å². The van der Waals surface area contributed by atoms with Gasteiger partial charge < -0.3 is 19.3 Å². The molecule has 0 unspecified atom stereocenters. The third kappa shape index (κ3) is 2.75. The summed E-state index contributed by atoms with van der Waals surface area (Å²) in [4.78, 5) is 8.57. The van der Waals surface area contributed by atoms with E-state index in [1.807, 2.05) is 13.8 Å². The van der Waals surface area contributed by atoms with Crippen LogP contribution < -0.4 is 14.2 Å². The summed E-state index contributed by atoms with van der Waals surface area (Å²) in [7, 11) is 0. The quantitative estimate of drug-likeness (QED) is 0.932. The Balaban J connectivity index is 1.87. The summed E-state index contributed by atoms with van der Waals surface area (Å²) in [5.74, 6) is 3.21.